The van der Waals surface area contributed by atoms with Crippen molar-refractivity contribution in [3.8, 4) is 5.69 Å². The zero-order chi connectivity index (χ0) is 27.5. The molecule has 2 heterocycles. The van der Waals surface area contributed by atoms with E-state index in [1.165, 1.54) is 47.4 Å². The van der Waals surface area contributed by atoms with E-state index in [9.17, 15) is 27.2 Å². The average molecular weight is 675 g/mol. The van der Waals surface area contributed by atoms with Crippen molar-refractivity contribution in [1.29, 1.82) is 0 Å². The van der Waals surface area contributed by atoms with Gasteiger partial charge in [0.05, 0.1) is 28.8 Å². The molecule has 1 fully saturated rings. The molecule has 0 spiro atoms. The summed E-state index contributed by atoms with van der Waals surface area (Å²) in [6, 6.07) is 10.3. The van der Waals surface area contributed by atoms with Gasteiger partial charge in [-0.25, -0.2) is 17.6 Å². The Morgan fingerprint density at radius 3 is 2.36 bits per heavy atom. The van der Waals surface area contributed by atoms with E-state index in [1.54, 1.807) is 18.2 Å². The summed E-state index contributed by atoms with van der Waals surface area (Å²) in [5, 5.41) is 2.95. The molecule has 0 amide bonds. The van der Waals surface area contributed by atoms with Crippen molar-refractivity contribution in [2.45, 2.75) is 25.8 Å². The van der Waals surface area contributed by atoms with Crippen molar-refractivity contribution in [2.75, 3.05) is 16.3 Å². The van der Waals surface area contributed by atoms with E-state index in [0.29, 0.717) is 16.4 Å². The molecule has 0 atom stereocenters. The Hall–Kier alpha value is -2.46. The molecule has 39 heavy (non-hydrogen) atoms. The van der Waals surface area contributed by atoms with Crippen LogP contribution in [0.1, 0.15) is 24.4 Å². The average Bonchev–Trinajstić information content (AvgIpc) is 3.66. The molecule has 2 aromatic heterocycles. The minimum atomic E-state index is -3.61. The fraction of sp³-hybridized carbons (Fsp3) is 0.240. The van der Waals surface area contributed by atoms with Crippen LogP contribution >= 0.6 is 22.6 Å². The summed E-state index contributed by atoms with van der Waals surface area (Å²) < 4.78 is 45.1. The van der Waals surface area contributed by atoms with Gasteiger partial charge in [-0.2, -0.15) is 0 Å². The van der Waals surface area contributed by atoms with Gasteiger partial charge in [0.1, 0.15) is 17.0 Å². The van der Waals surface area contributed by atoms with Crippen LogP contribution in [0.5, 0.6) is 0 Å². The van der Waals surface area contributed by atoms with Crippen LogP contribution in [-0.2, 0) is 17.1 Å². The van der Waals surface area contributed by atoms with Crippen molar-refractivity contribution in [3.05, 3.63) is 88.6 Å². The van der Waals surface area contributed by atoms with Crippen LogP contribution in [0.4, 0.5) is 21.6 Å². The number of fused-ring (bicyclic) bond motifs is 1. The van der Waals surface area contributed by atoms with Gasteiger partial charge in [0.2, 0.25) is 10.0 Å². The van der Waals surface area contributed by atoms with Crippen LogP contribution < -0.4 is 26.8 Å². The van der Waals surface area contributed by atoms with Crippen LogP contribution in [0.2, 0.25) is 0 Å². The number of sulfonamides is 1. The summed E-state index contributed by atoms with van der Waals surface area (Å²) in [7, 11) is -2.14. The van der Waals surface area contributed by atoms with E-state index >= 15 is 0 Å². The molecule has 0 bridgehead atoms. The monoisotopic (exact) mass is 675 g/mol. The van der Waals surface area contributed by atoms with Crippen molar-refractivity contribution in [3.63, 3.8) is 0 Å². The zero-order valence-corrected chi connectivity index (χ0v) is 23.6. The van der Waals surface area contributed by atoms with Crippen molar-refractivity contribution in [1.82, 2.24) is 13.7 Å². The first-order valence-corrected chi connectivity index (χ1v) is 14.6. The number of hydrogen-bond acceptors (Lipinski definition) is 6. The number of rotatable bonds is 6. The summed E-state index contributed by atoms with van der Waals surface area (Å²) in [6.45, 7) is 1.51. The molecule has 0 aliphatic heterocycles. The van der Waals surface area contributed by atoms with E-state index in [2.05, 4.69) is 10.0 Å². The molecule has 5 rings (SSSR count). The second-order valence-corrected chi connectivity index (χ2v) is 12.3. The first kappa shape index (κ1) is 29.5. The van der Waals surface area contributed by atoms with Gasteiger partial charge in [-0.15, -0.1) is 0 Å². The van der Waals surface area contributed by atoms with Crippen LogP contribution in [0.25, 0.3) is 16.6 Å². The summed E-state index contributed by atoms with van der Waals surface area (Å²) in [4.78, 5) is 41.0. The van der Waals surface area contributed by atoms with E-state index in [4.69, 9.17) is 0 Å². The number of pyridine rings is 1. The van der Waals surface area contributed by atoms with Crippen LogP contribution in [0, 0.1) is 16.3 Å². The summed E-state index contributed by atoms with van der Waals surface area (Å²) in [5.74, 6) is -0.539. The fourth-order valence-corrected chi connectivity index (χ4v) is 5.50. The number of aryl methyl sites for hydroxylation is 1. The SMILES string of the molecule is Cc1c(=O)n(C)c(Nc2ccc(I)cc2F)c2c(=O)n(C3CC3)c(=O)n(-c3cccc(NS(C)(=O)=O)c3)c12.[NaH]. The first-order chi connectivity index (χ1) is 17.9. The van der Waals surface area contributed by atoms with Crippen LogP contribution in [0.15, 0.2) is 56.8 Å². The molecular weight excluding hydrogens is 651 g/mol. The molecule has 200 valence electrons. The maximum absolute atomic E-state index is 14.8. The molecule has 0 saturated heterocycles. The second-order valence-electron chi connectivity index (χ2n) is 9.26. The van der Waals surface area contributed by atoms with Crippen LogP contribution in [-0.4, -0.2) is 57.9 Å². The first-order valence-electron chi connectivity index (χ1n) is 11.6. The minimum absolute atomic E-state index is 0. The van der Waals surface area contributed by atoms with Gasteiger partial charge in [0.15, 0.2) is 0 Å². The number of hydrogen-bond donors (Lipinski definition) is 2. The van der Waals surface area contributed by atoms with Crippen molar-refractivity contribution >= 4 is 90.3 Å². The number of nitrogens with zero attached hydrogens (tertiary/aromatic N) is 3. The molecule has 1 saturated carbocycles. The van der Waals surface area contributed by atoms with E-state index in [1.807, 2.05) is 22.6 Å². The van der Waals surface area contributed by atoms with E-state index < -0.39 is 32.6 Å². The number of nitrogens with one attached hydrogen (secondary N) is 2. The van der Waals surface area contributed by atoms with Gasteiger partial charge in [0, 0.05) is 22.2 Å². The van der Waals surface area contributed by atoms with Gasteiger partial charge < -0.3 is 5.32 Å². The van der Waals surface area contributed by atoms with Gasteiger partial charge in [-0.1, -0.05) is 6.07 Å². The molecule has 4 aromatic rings. The molecule has 2 N–H and O–H groups in total. The second kappa shape index (κ2) is 10.8. The summed E-state index contributed by atoms with van der Waals surface area (Å²) in [6.07, 6.45) is 2.27. The van der Waals surface area contributed by atoms with Crippen LogP contribution in [0.3, 0.4) is 0 Å². The van der Waals surface area contributed by atoms with Gasteiger partial charge in [-0.05, 0) is 78.8 Å². The van der Waals surface area contributed by atoms with Gasteiger partial charge >= 0.3 is 35.2 Å². The third-order valence-corrected chi connectivity index (χ3v) is 7.62. The topological polar surface area (TPSA) is 124 Å². The quantitative estimate of drug-likeness (QED) is 0.240. The predicted octanol–water partition coefficient (Wildman–Crippen LogP) is 2.70. The molecule has 0 unspecified atom stereocenters. The Balaban J connectivity index is 0.00000353. The molecular formula is C25H24FIN5NaO5S. The third-order valence-electron chi connectivity index (χ3n) is 6.35. The van der Waals surface area contributed by atoms with Gasteiger partial charge in [0.25, 0.3) is 11.1 Å². The number of aromatic nitrogens is 3. The Bertz CT molecular complexity index is 1930. The number of benzene rings is 2. The van der Waals surface area contributed by atoms with Gasteiger partial charge in [-0.3, -0.25) is 28.0 Å². The molecule has 10 nitrogen and oxygen atoms in total. The van der Waals surface area contributed by atoms with Crippen molar-refractivity contribution < 1.29 is 12.8 Å². The zero-order valence-electron chi connectivity index (χ0n) is 20.6. The van der Waals surface area contributed by atoms with E-state index in [-0.39, 0.29) is 74.9 Å². The number of halogens is 2. The normalized spacial score (nSPS) is 13.3. The third kappa shape index (κ3) is 5.59. The standard InChI is InChI=1S/C25H23FIN5O5S.Na.H/c1-13-21-20(22(30(2)23(13)33)28-19-10-7-14(27)11-18(19)26)24(34)32(16-8-9-16)25(35)31(21)17-6-4-5-15(12-17)29-38(3,36)37;;/h4-7,10-12,16,28-29H,8-9H2,1-3H3;;. The predicted molar refractivity (Wildman–Crippen MR) is 160 cm³/mol. The molecule has 0 radical (unpaired) electrons. The Kier molecular flexibility index (Phi) is 8.21. The molecule has 2 aromatic carbocycles. The number of anilines is 3. The Morgan fingerprint density at radius 1 is 1.05 bits per heavy atom. The van der Waals surface area contributed by atoms with E-state index in [0.717, 1.165) is 10.8 Å². The van der Waals surface area contributed by atoms with Crippen molar-refractivity contribution in [2.24, 2.45) is 7.05 Å². The summed E-state index contributed by atoms with van der Waals surface area (Å²) >= 11 is 1.98. The molecule has 1 aliphatic carbocycles. The maximum atomic E-state index is 14.8. The molecule has 1 aliphatic rings. The Morgan fingerprint density at radius 2 is 1.74 bits per heavy atom. The fourth-order valence-electron chi connectivity index (χ4n) is 4.50. The molecule has 14 heteroatoms. The Labute approximate surface area is 258 Å². The summed E-state index contributed by atoms with van der Waals surface area (Å²) in [5.41, 5.74) is -1.03.